The summed E-state index contributed by atoms with van der Waals surface area (Å²) in [7, 11) is -83.5. The molecule has 4 rings (SSSR count). The van der Waals surface area contributed by atoms with Gasteiger partial charge in [-0.05, 0) is 6.42 Å². The molecule has 60 nitrogen and oxygen atoms in total. The van der Waals surface area contributed by atoms with Gasteiger partial charge >= 0.3 is 135 Å². The van der Waals surface area contributed by atoms with Gasteiger partial charge in [0, 0.05) is 6.61 Å². The van der Waals surface area contributed by atoms with Crippen LogP contribution >= 0.6 is 0 Å². The molecule has 1 unspecified atom stereocenters. The summed E-state index contributed by atoms with van der Waals surface area (Å²) in [5, 5.41) is 0. The molecule has 0 spiro atoms. The minimum Gasteiger partial charge on any atom is -0.350 e. The SMILES string of the molecule is CCCCOC1O[C@H](COS(=O)(=O)O)[C@@H](OS(=O)(=O)O)[C@H](O[C@@H]2O[C@H](COS(=O)(=O)O)[C@@H](OS(=O)(=O)O)[C@H](O[C@@H]3O[C@H](COS(=O)(=O)O)[C@@H](OS(=O)(=O)O)[C@H](O[C@@H]4O[C@H](COS(=O)(=O)O)[C@@H](OS(=O)(=O)O)[C@H](OS(=O)(=O)O)[C@H]4OS(=O)(=O)O)[C@H]3OS(=O)(=O)O)[C@H]2OS(=O)(=O)O)[C@H]1OS(=O)(=O)O. The Morgan fingerprint density at radius 2 is 0.416 bits per heavy atom. The molecule has 0 aliphatic carbocycles. The van der Waals surface area contributed by atoms with Crippen molar-refractivity contribution in [2.45, 2.75) is 143 Å². The molecule has 0 aromatic rings. The third-order valence-corrected chi connectivity index (χ3v) is 17.6. The molecule has 0 saturated carbocycles. The number of ether oxygens (including phenoxy) is 8. The Balaban J connectivity index is 2.30. The van der Waals surface area contributed by atoms with Crippen LogP contribution in [0.5, 0.6) is 0 Å². The third kappa shape index (κ3) is 33.6. The second kappa shape index (κ2) is 34.3. The van der Waals surface area contributed by atoms with Gasteiger partial charge in [-0.2, -0.15) is 109 Å². The predicted octanol–water partition coefficient (Wildman–Crippen LogP) is -10.2. The van der Waals surface area contributed by atoms with Crippen molar-refractivity contribution in [2.75, 3.05) is 33.0 Å². The van der Waals surface area contributed by atoms with Gasteiger partial charge in [0.2, 0.25) is 0 Å². The lowest BCUT2D eigenvalue weighted by Gasteiger charge is -2.51. The van der Waals surface area contributed by atoms with E-state index in [0.29, 0.717) is 0 Å². The van der Waals surface area contributed by atoms with Gasteiger partial charge in [0.1, 0.15) is 73.2 Å². The molecule has 600 valence electrons. The van der Waals surface area contributed by atoms with Crippen LogP contribution in [0.1, 0.15) is 19.8 Å². The van der Waals surface area contributed by atoms with E-state index in [0.717, 1.165) is 0 Å². The Morgan fingerprint density at radius 3 is 0.624 bits per heavy atom. The minimum absolute atomic E-state index is 0.0666. The maximum atomic E-state index is 13.0. The molecule has 4 aliphatic heterocycles. The lowest BCUT2D eigenvalue weighted by molar-refractivity contribution is -0.380. The molecule has 0 aromatic heterocycles. The van der Waals surface area contributed by atoms with Crippen LogP contribution in [0.15, 0.2) is 0 Å². The fourth-order valence-corrected chi connectivity index (χ4v) is 14.4. The van der Waals surface area contributed by atoms with Crippen molar-refractivity contribution < 1.29 is 261 Å². The second-order valence-corrected chi connectivity index (χ2v) is 32.7. The molecule has 4 saturated heterocycles. The number of rotatable bonds is 40. The summed E-state index contributed by atoms with van der Waals surface area (Å²) in [5.74, 6) is 0. The van der Waals surface area contributed by atoms with E-state index >= 15 is 0 Å². The summed E-state index contributed by atoms with van der Waals surface area (Å²) >= 11 is 0. The van der Waals surface area contributed by atoms with Crippen LogP contribution in [0.3, 0.4) is 0 Å². The summed E-state index contributed by atoms with van der Waals surface area (Å²) in [5.41, 5.74) is 0. The maximum absolute atomic E-state index is 13.0. The van der Waals surface area contributed by atoms with Crippen LogP contribution in [0, 0.1) is 0 Å². The van der Waals surface area contributed by atoms with Crippen molar-refractivity contribution in [3.63, 3.8) is 0 Å². The van der Waals surface area contributed by atoms with Crippen LogP contribution in [0.25, 0.3) is 0 Å². The van der Waals surface area contributed by atoms with Gasteiger partial charge in [-0.3, -0.25) is 59.2 Å². The van der Waals surface area contributed by atoms with Crippen molar-refractivity contribution in [1.82, 2.24) is 0 Å². The Morgan fingerprint density at radius 1 is 0.238 bits per heavy atom. The molecule has 0 radical (unpaired) electrons. The van der Waals surface area contributed by atoms with Crippen molar-refractivity contribution in [1.29, 1.82) is 0 Å². The second-order valence-electron chi connectivity index (χ2n) is 18.9. The predicted molar refractivity (Wildman–Crippen MR) is 288 cm³/mol. The lowest BCUT2D eigenvalue weighted by atomic mass is 9.95. The van der Waals surface area contributed by atoms with Crippen molar-refractivity contribution >= 4 is 135 Å². The number of hydrogen-bond donors (Lipinski definition) is 13. The number of hydrogen-bond acceptors (Lipinski definition) is 47. The summed E-state index contributed by atoms with van der Waals surface area (Å²) in [4.78, 5) is 0. The highest BCUT2D eigenvalue weighted by Crippen LogP contribution is 2.42. The van der Waals surface area contributed by atoms with E-state index in [2.05, 4.69) is 54.4 Å². The fourth-order valence-electron chi connectivity index (χ4n) is 8.65. The van der Waals surface area contributed by atoms with Crippen LogP contribution in [-0.2, 0) is 227 Å². The van der Waals surface area contributed by atoms with Crippen LogP contribution in [0.2, 0.25) is 0 Å². The molecule has 0 bridgehead atoms. The molecule has 20 atom stereocenters. The zero-order valence-corrected chi connectivity index (χ0v) is 58.4. The first kappa shape index (κ1) is 91.4. The van der Waals surface area contributed by atoms with E-state index in [1.165, 1.54) is 6.92 Å². The molecular formula is C28H50O60S13. The molecule has 4 fully saturated rings. The minimum atomic E-state index is -6.86. The fraction of sp³-hybridized carbons (Fsp3) is 1.00. The van der Waals surface area contributed by atoms with Crippen LogP contribution in [0.4, 0.5) is 0 Å². The highest BCUT2D eigenvalue weighted by molar-refractivity contribution is 7.83. The first-order valence-electron chi connectivity index (χ1n) is 24.6. The average molecular weight is 1760 g/mol. The number of unbranched alkanes of at least 4 members (excludes halogenated alkanes) is 1. The first-order chi connectivity index (χ1) is 45.1. The summed E-state index contributed by atoms with van der Waals surface area (Å²) in [6.07, 6.45) is -71.9. The van der Waals surface area contributed by atoms with Crippen molar-refractivity contribution in [2.24, 2.45) is 0 Å². The van der Waals surface area contributed by atoms with E-state index in [-0.39, 0.29) is 12.8 Å². The molecule has 4 heterocycles. The summed E-state index contributed by atoms with van der Waals surface area (Å²) < 4.78 is 548. The van der Waals surface area contributed by atoms with Gasteiger partial charge in [-0.25, -0.2) is 54.4 Å². The average Bonchev–Trinajstić information content (AvgIpc) is 0.754. The highest BCUT2D eigenvalue weighted by atomic mass is 32.3. The monoisotopic (exact) mass is 1760 g/mol. The zero-order valence-electron chi connectivity index (χ0n) is 47.8. The summed E-state index contributed by atoms with van der Waals surface area (Å²) in [6.45, 7) is -8.28. The third-order valence-electron chi connectivity index (χ3n) is 11.6. The van der Waals surface area contributed by atoms with Crippen molar-refractivity contribution in [3.8, 4) is 0 Å². The molecule has 13 N–H and O–H groups in total. The Kier molecular flexibility index (Phi) is 31.0. The van der Waals surface area contributed by atoms with Gasteiger partial charge in [-0.15, -0.1) is 0 Å². The van der Waals surface area contributed by atoms with Crippen LogP contribution < -0.4 is 0 Å². The molecule has 0 aromatic carbocycles. The van der Waals surface area contributed by atoms with Gasteiger partial charge in [-0.1, -0.05) is 13.3 Å². The van der Waals surface area contributed by atoms with Gasteiger partial charge in [0.25, 0.3) is 0 Å². The molecular weight excluding hydrogens is 1710 g/mol. The molecule has 0 amide bonds. The van der Waals surface area contributed by atoms with E-state index in [9.17, 15) is 169 Å². The Labute approximate surface area is 568 Å². The smallest absolute Gasteiger partial charge is 0.350 e. The first-order valence-corrected chi connectivity index (χ1v) is 42.4. The largest absolute Gasteiger partial charge is 0.397 e. The maximum Gasteiger partial charge on any atom is 0.397 e. The van der Waals surface area contributed by atoms with E-state index in [4.69, 9.17) is 37.9 Å². The summed E-state index contributed by atoms with van der Waals surface area (Å²) in [6, 6.07) is 0. The molecule has 73 heteroatoms. The quantitative estimate of drug-likeness (QED) is 0.0200. The topological polar surface area (TPSA) is 901 Å². The van der Waals surface area contributed by atoms with Gasteiger partial charge in [0.05, 0.1) is 26.4 Å². The molecule has 4 aliphatic rings. The van der Waals surface area contributed by atoms with Gasteiger partial charge in [0.15, 0.2) is 49.6 Å². The Bertz CT molecular complexity index is 4410. The highest BCUT2D eigenvalue weighted by Gasteiger charge is 2.63. The van der Waals surface area contributed by atoms with Gasteiger partial charge < -0.3 is 37.9 Å². The van der Waals surface area contributed by atoms with Crippen molar-refractivity contribution in [3.05, 3.63) is 0 Å². The van der Waals surface area contributed by atoms with E-state index < -0.39 is 291 Å². The zero-order chi connectivity index (χ0) is 77.8. The van der Waals surface area contributed by atoms with E-state index in [1.54, 1.807) is 0 Å². The van der Waals surface area contributed by atoms with Crippen LogP contribution in [-0.4, -0.2) is 324 Å². The molecule has 101 heavy (non-hydrogen) atoms. The normalized spacial score (nSPS) is 32.3. The lowest BCUT2D eigenvalue weighted by Crippen LogP contribution is -2.70. The Hall–Kier alpha value is -2.01. The van der Waals surface area contributed by atoms with E-state index in [1.807, 2.05) is 0 Å². The standard InChI is InChI=1S/C28H50O60S13/c1-2-3-4-68-25-21(85-98(56,57)58)17(13(80-93(41,42)43)9(73-25)5-69-89(29,30)31)77-26-22(86-99(59,60)61)18(14(81-94(44,45)46)10(74-26)6-70-90(32,33)34)78-27-23(87-100(62,63)64)19(15(82-95(47,48)49)11(75-27)7-71-91(35,36)37)79-28-24(88-101(65,66)67)20(84-97(53,54)55)16(83-96(50,51)52)12(76-28)8-72-92(38,39)40/h9-28H,2-8H2,1H3,(H,29,30,31)(H,32,33,34)(H,35,36,37)(H,38,39,40)(H,41,42,43)(H,44,45,46)(H,47,48,49)(H,50,51,52)(H,53,54,55)(H,56,57,58)(H,59,60,61)(H,62,63,64)(H,65,66,67)/t9-,10-,11-,12-,13-,14-,15-,16-,17+,18+,19+,20+,21-,22-,23-,24-,25?,26+,27+,28+/m1/s1.